The topological polar surface area (TPSA) is 54.4 Å². The summed E-state index contributed by atoms with van der Waals surface area (Å²) in [6.07, 6.45) is 0. The second-order valence-electron chi connectivity index (χ2n) is 4.49. The van der Waals surface area contributed by atoms with E-state index in [0.29, 0.717) is 5.56 Å². The summed E-state index contributed by atoms with van der Waals surface area (Å²) >= 11 is 0. The molecule has 0 amide bonds. The Morgan fingerprint density at radius 1 is 1.38 bits per heavy atom. The molecule has 0 radical (unpaired) electrons. The Bertz CT molecular complexity index is 492. The molecule has 0 unspecified atom stereocenters. The Kier molecular flexibility index (Phi) is 3.40. The van der Waals surface area contributed by atoms with Gasteiger partial charge in [0, 0.05) is 5.41 Å². The Labute approximate surface area is 95.1 Å². The molecule has 0 aromatic heterocycles. The van der Waals surface area contributed by atoms with Crippen molar-refractivity contribution in [2.45, 2.75) is 31.1 Å². The van der Waals surface area contributed by atoms with Crippen LogP contribution in [0.1, 0.15) is 25.0 Å². The Balaban J connectivity index is 3.54. The van der Waals surface area contributed by atoms with Gasteiger partial charge >= 0.3 is 0 Å². The van der Waals surface area contributed by atoms with Crippen LogP contribution in [0.5, 0.6) is 0 Å². The van der Waals surface area contributed by atoms with Crippen LogP contribution in [0.4, 0.5) is 4.39 Å². The summed E-state index contributed by atoms with van der Waals surface area (Å²) in [7, 11) is -4.31. The van der Waals surface area contributed by atoms with Crippen LogP contribution < -0.4 is 0 Å². The Morgan fingerprint density at radius 3 is 2.38 bits per heavy atom. The van der Waals surface area contributed by atoms with Crippen molar-refractivity contribution in [3.05, 3.63) is 29.3 Å². The lowest BCUT2D eigenvalue weighted by molar-refractivity contribution is 0.345. The quantitative estimate of drug-likeness (QED) is 0.834. The predicted molar refractivity (Wildman–Crippen MR) is 60.0 cm³/mol. The van der Waals surface area contributed by atoms with Crippen molar-refractivity contribution in [2.24, 2.45) is 0 Å². The average molecular weight is 246 g/mol. The number of hydrogen-bond acceptors (Lipinski definition) is 2. The molecule has 0 saturated carbocycles. The molecule has 90 valence electrons. The lowest BCUT2D eigenvalue weighted by atomic mass is 9.85. The van der Waals surface area contributed by atoms with Gasteiger partial charge in [0.2, 0.25) is 0 Å². The minimum Gasteiger partial charge on any atom is -0.282 e. The molecule has 0 aliphatic carbocycles. The minimum absolute atomic E-state index is 0.222. The van der Waals surface area contributed by atoms with Crippen molar-refractivity contribution in [3.63, 3.8) is 0 Å². The molecular weight excluding hydrogens is 231 g/mol. The fourth-order valence-electron chi connectivity index (χ4n) is 1.47. The molecule has 1 rings (SSSR count). The molecule has 0 bridgehead atoms. The molecule has 0 atom stereocenters. The van der Waals surface area contributed by atoms with Crippen molar-refractivity contribution in [3.8, 4) is 0 Å². The van der Waals surface area contributed by atoms with Crippen LogP contribution in [0.2, 0.25) is 0 Å². The van der Waals surface area contributed by atoms with E-state index in [9.17, 15) is 12.8 Å². The first kappa shape index (κ1) is 13.1. The van der Waals surface area contributed by atoms with Crippen LogP contribution >= 0.6 is 0 Å². The van der Waals surface area contributed by atoms with E-state index >= 15 is 0 Å². The molecule has 0 heterocycles. The van der Waals surface area contributed by atoms with Gasteiger partial charge in [0.1, 0.15) is 0 Å². The van der Waals surface area contributed by atoms with Crippen LogP contribution in [-0.2, 0) is 15.5 Å². The van der Waals surface area contributed by atoms with E-state index in [4.69, 9.17) is 4.55 Å². The average Bonchev–Trinajstić information content (AvgIpc) is 2.15. The maximum absolute atomic E-state index is 12.9. The maximum atomic E-state index is 12.9. The molecule has 3 nitrogen and oxygen atoms in total. The monoisotopic (exact) mass is 246 g/mol. The lowest BCUT2D eigenvalue weighted by Gasteiger charge is -2.23. The predicted octanol–water partition coefficient (Wildman–Crippen LogP) is 2.49. The highest BCUT2D eigenvalue weighted by atomic mass is 32.2. The number of hydrogen-bond donors (Lipinski definition) is 1. The van der Waals surface area contributed by atoms with Gasteiger partial charge in [-0.05, 0) is 18.6 Å². The van der Waals surface area contributed by atoms with Crippen LogP contribution in [-0.4, -0.2) is 19.6 Å². The smallest absolute Gasteiger partial charge is 0.282 e. The van der Waals surface area contributed by atoms with E-state index in [0.717, 1.165) is 5.56 Å². The van der Waals surface area contributed by atoms with Crippen molar-refractivity contribution >= 4 is 10.1 Å². The van der Waals surface area contributed by atoms with Gasteiger partial charge in [-0.3, -0.25) is 8.94 Å². The first-order valence-electron chi connectivity index (χ1n) is 4.83. The summed E-state index contributed by atoms with van der Waals surface area (Å²) < 4.78 is 44.3. The number of alkyl halides is 1. The Morgan fingerprint density at radius 2 is 1.94 bits per heavy atom. The third-order valence-electron chi connectivity index (χ3n) is 2.48. The van der Waals surface area contributed by atoms with Crippen LogP contribution in [0.3, 0.4) is 0 Å². The summed E-state index contributed by atoms with van der Waals surface area (Å²) in [5.41, 5.74) is 0.193. The summed E-state index contributed by atoms with van der Waals surface area (Å²) in [6.45, 7) is 4.28. The van der Waals surface area contributed by atoms with Gasteiger partial charge < -0.3 is 0 Å². The van der Waals surface area contributed by atoms with Gasteiger partial charge in [0.25, 0.3) is 10.1 Å². The zero-order valence-electron chi connectivity index (χ0n) is 9.49. The van der Waals surface area contributed by atoms with E-state index in [2.05, 4.69) is 0 Å². The zero-order valence-corrected chi connectivity index (χ0v) is 10.3. The summed E-state index contributed by atoms with van der Waals surface area (Å²) in [6, 6.07) is 4.46. The second kappa shape index (κ2) is 4.14. The van der Waals surface area contributed by atoms with E-state index in [1.807, 2.05) is 0 Å². The first-order chi connectivity index (χ1) is 7.18. The zero-order chi connectivity index (χ0) is 12.6. The normalized spacial score (nSPS) is 12.8. The van der Waals surface area contributed by atoms with Gasteiger partial charge in [0.05, 0.1) is 11.6 Å². The molecule has 16 heavy (non-hydrogen) atoms. The Hall–Kier alpha value is -0.940. The van der Waals surface area contributed by atoms with Crippen molar-refractivity contribution < 1.29 is 17.4 Å². The van der Waals surface area contributed by atoms with Crippen molar-refractivity contribution in [1.82, 2.24) is 0 Å². The summed E-state index contributed by atoms with van der Waals surface area (Å²) in [5, 5.41) is 0. The van der Waals surface area contributed by atoms with E-state index in [-0.39, 0.29) is 4.90 Å². The second-order valence-corrected chi connectivity index (χ2v) is 5.88. The molecule has 0 saturated heterocycles. The SMILES string of the molecule is Cc1ccc(S(=O)(=O)O)c(C(C)(C)CF)c1. The first-order valence-corrected chi connectivity index (χ1v) is 6.27. The molecular formula is C11H15FO3S. The van der Waals surface area contributed by atoms with Gasteiger partial charge in [0.15, 0.2) is 0 Å². The van der Waals surface area contributed by atoms with Crippen molar-refractivity contribution in [1.29, 1.82) is 0 Å². The number of rotatable bonds is 3. The van der Waals surface area contributed by atoms with Gasteiger partial charge in [-0.25, -0.2) is 0 Å². The van der Waals surface area contributed by atoms with Gasteiger partial charge in [-0.15, -0.1) is 0 Å². The minimum atomic E-state index is -4.31. The van der Waals surface area contributed by atoms with Crippen molar-refractivity contribution in [2.75, 3.05) is 6.67 Å². The van der Waals surface area contributed by atoms with Gasteiger partial charge in [-0.1, -0.05) is 31.5 Å². The molecule has 1 aromatic rings. The van der Waals surface area contributed by atoms with E-state index < -0.39 is 22.2 Å². The standard InChI is InChI=1S/C11H15FO3S/c1-8-4-5-10(16(13,14)15)9(6-8)11(2,3)7-12/h4-6H,7H2,1-3H3,(H,13,14,15). The summed E-state index contributed by atoms with van der Waals surface area (Å²) in [4.78, 5) is -0.222. The molecule has 1 aromatic carbocycles. The third-order valence-corrected chi connectivity index (χ3v) is 3.39. The highest BCUT2D eigenvalue weighted by Gasteiger charge is 2.28. The molecule has 0 fully saturated rings. The van der Waals surface area contributed by atoms with Crippen LogP contribution in [0, 0.1) is 6.92 Å². The molecule has 0 aliphatic heterocycles. The molecule has 5 heteroatoms. The van der Waals surface area contributed by atoms with Gasteiger partial charge in [-0.2, -0.15) is 8.42 Å². The fraction of sp³-hybridized carbons (Fsp3) is 0.455. The molecule has 1 N–H and O–H groups in total. The summed E-state index contributed by atoms with van der Waals surface area (Å²) in [5.74, 6) is 0. The highest BCUT2D eigenvalue weighted by molar-refractivity contribution is 7.85. The number of halogens is 1. The maximum Gasteiger partial charge on any atom is 0.294 e. The van der Waals surface area contributed by atoms with E-state index in [1.165, 1.54) is 6.07 Å². The lowest BCUT2D eigenvalue weighted by Crippen LogP contribution is -2.23. The van der Waals surface area contributed by atoms with Crippen LogP contribution in [0.25, 0.3) is 0 Å². The highest BCUT2D eigenvalue weighted by Crippen LogP contribution is 2.30. The van der Waals surface area contributed by atoms with E-state index in [1.54, 1.807) is 32.9 Å². The molecule has 0 aliphatic rings. The third kappa shape index (κ3) is 2.59. The van der Waals surface area contributed by atoms with Crippen LogP contribution in [0.15, 0.2) is 23.1 Å². The number of benzene rings is 1. The fourth-order valence-corrected chi connectivity index (χ4v) is 2.32. The number of aryl methyl sites for hydroxylation is 1. The molecule has 0 spiro atoms. The largest absolute Gasteiger partial charge is 0.294 e.